The van der Waals surface area contributed by atoms with Gasteiger partial charge in [0.05, 0.1) is 6.54 Å². The number of carbonyl (C=O) groups excluding carboxylic acids is 2. The molecule has 6 nitrogen and oxygen atoms in total. The number of benzene rings is 1. The van der Waals surface area contributed by atoms with Gasteiger partial charge in [0, 0.05) is 44.3 Å². The third-order valence-electron chi connectivity index (χ3n) is 5.30. The van der Waals surface area contributed by atoms with E-state index in [2.05, 4.69) is 10.2 Å². The molecule has 136 valence electrons. The van der Waals surface area contributed by atoms with Crippen molar-refractivity contribution in [2.45, 2.75) is 31.7 Å². The molecule has 25 heavy (non-hydrogen) atoms. The molecule has 0 spiro atoms. The second-order valence-electron chi connectivity index (χ2n) is 7.13. The van der Waals surface area contributed by atoms with Crippen molar-refractivity contribution in [3.8, 4) is 0 Å². The van der Waals surface area contributed by atoms with Gasteiger partial charge in [-0.3, -0.25) is 14.5 Å². The van der Waals surface area contributed by atoms with E-state index in [0.717, 1.165) is 38.0 Å². The minimum absolute atomic E-state index is 0.0112. The van der Waals surface area contributed by atoms with Crippen LogP contribution in [0.15, 0.2) is 30.3 Å². The number of rotatable bonds is 5. The molecular formula is C19H28N4O2. The topological polar surface area (TPSA) is 78.7 Å². The maximum atomic E-state index is 12.4. The SMILES string of the molecule is N[C@@H]1CCC[C@H]1CC(=O)N1CCN(CC(=O)Nc2ccccc2)CC1. The Morgan fingerprint density at radius 2 is 1.80 bits per heavy atom. The van der Waals surface area contributed by atoms with Crippen molar-refractivity contribution >= 4 is 17.5 Å². The number of carbonyl (C=O) groups is 2. The van der Waals surface area contributed by atoms with Crippen LogP contribution in [-0.2, 0) is 9.59 Å². The molecule has 0 bridgehead atoms. The summed E-state index contributed by atoms with van der Waals surface area (Å²) in [7, 11) is 0. The first kappa shape index (κ1) is 17.9. The number of amides is 2. The maximum Gasteiger partial charge on any atom is 0.238 e. The van der Waals surface area contributed by atoms with E-state index in [9.17, 15) is 9.59 Å². The van der Waals surface area contributed by atoms with Gasteiger partial charge in [-0.15, -0.1) is 0 Å². The van der Waals surface area contributed by atoms with Crippen molar-refractivity contribution in [1.29, 1.82) is 0 Å². The van der Waals surface area contributed by atoms with Gasteiger partial charge in [-0.1, -0.05) is 24.6 Å². The molecule has 6 heteroatoms. The number of nitrogens with one attached hydrogen (secondary N) is 1. The van der Waals surface area contributed by atoms with Crippen LogP contribution < -0.4 is 11.1 Å². The highest BCUT2D eigenvalue weighted by molar-refractivity contribution is 5.92. The highest BCUT2D eigenvalue weighted by Gasteiger charge is 2.29. The monoisotopic (exact) mass is 344 g/mol. The van der Waals surface area contributed by atoms with Crippen molar-refractivity contribution in [3.05, 3.63) is 30.3 Å². The fourth-order valence-electron chi connectivity index (χ4n) is 3.75. The van der Waals surface area contributed by atoms with Crippen molar-refractivity contribution in [2.24, 2.45) is 11.7 Å². The number of hydrogen-bond acceptors (Lipinski definition) is 4. The van der Waals surface area contributed by atoms with E-state index < -0.39 is 0 Å². The van der Waals surface area contributed by atoms with Gasteiger partial charge in [0.15, 0.2) is 0 Å². The maximum absolute atomic E-state index is 12.4. The number of nitrogens with two attached hydrogens (primary N) is 1. The fraction of sp³-hybridized carbons (Fsp3) is 0.579. The molecule has 2 atom stereocenters. The molecule has 3 rings (SSSR count). The van der Waals surface area contributed by atoms with Crippen LogP contribution >= 0.6 is 0 Å². The van der Waals surface area contributed by atoms with E-state index in [-0.39, 0.29) is 17.9 Å². The standard InChI is InChI=1S/C19H28N4O2/c20-17-8-4-5-15(17)13-19(25)23-11-9-22(10-12-23)14-18(24)21-16-6-2-1-3-7-16/h1-3,6-7,15,17H,4-5,8-14,20H2,(H,21,24)/t15-,17+/m0/s1. The highest BCUT2D eigenvalue weighted by atomic mass is 16.2. The zero-order valence-electron chi connectivity index (χ0n) is 14.7. The zero-order valence-corrected chi connectivity index (χ0v) is 14.7. The predicted molar refractivity (Wildman–Crippen MR) is 98.0 cm³/mol. The second-order valence-corrected chi connectivity index (χ2v) is 7.13. The molecule has 2 amide bonds. The number of nitrogens with zero attached hydrogens (tertiary/aromatic N) is 2. The molecule has 2 aliphatic rings. The van der Waals surface area contributed by atoms with Gasteiger partial charge in [-0.2, -0.15) is 0 Å². The average molecular weight is 344 g/mol. The normalized spacial score (nSPS) is 24.3. The van der Waals surface area contributed by atoms with Crippen LogP contribution in [0.3, 0.4) is 0 Å². The molecule has 1 aliphatic carbocycles. The van der Waals surface area contributed by atoms with Gasteiger partial charge in [-0.25, -0.2) is 0 Å². The molecule has 1 heterocycles. The van der Waals surface area contributed by atoms with E-state index in [1.165, 1.54) is 0 Å². The Labute approximate surface area is 149 Å². The van der Waals surface area contributed by atoms with Crippen LogP contribution in [0.25, 0.3) is 0 Å². The summed E-state index contributed by atoms with van der Waals surface area (Å²) in [5.41, 5.74) is 6.89. The van der Waals surface area contributed by atoms with Crippen LogP contribution in [-0.4, -0.2) is 60.4 Å². The fourth-order valence-corrected chi connectivity index (χ4v) is 3.75. The van der Waals surface area contributed by atoms with E-state index in [4.69, 9.17) is 5.73 Å². The summed E-state index contributed by atoms with van der Waals surface area (Å²) in [6, 6.07) is 9.66. The van der Waals surface area contributed by atoms with Crippen LogP contribution in [0.2, 0.25) is 0 Å². The molecular weight excluding hydrogens is 316 g/mol. The molecule has 1 aliphatic heterocycles. The first-order valence-corrected chi connectivity index (χ1v) is 9.22. The lowest BCUT2D eigenvalue weighted by molar-refractivity contribution is -0.134. The number of piperazine rings is 1. The van der Waals surface area contributed by atoms with Crippen molar-refractivity contribution in [1.82, 2.24) is 9.80 Å². The molecule has 3 N–H and O–H groups in total. The Morgan fingerprint density at radius 1 is 1.08 bits per heavy atom. The summed E-state index contributed by atoms with van der Waals surface area (Å²) < 4.78 is 0. The van der Waals surface area contributed by atoms with Gasteiger partial charge in [0.2, 0.25) is 11.8 Å². The lowest BCUT2D eigenvalue weighted by Crippen LogP contribution is -2.51. The van der Waals surface area contributed by atoms with Crippen LogP contribution in [0.4, 0.5) is 5.69 Å². The number of para-hydroxylation sites is 1. The Hall–Kier alpha value is -1.92. The van der Waals surface area contributed by atoms with Crippen LogP contribution in [0.5, 0.6) is 0 Å². The smallest absolute Gasteiger partial charge is 0.238 e. The van der Waals surface area contributed by atoms with E-state index in [1.807, 2.05) is 35.2 Å². The van der Waals surface area contributed by atoms with Gasteiger partial charge in [-0.05, 0) is 30.9 Å². The summed E-state index contributed by atoms with van der Waals surface area (Å²) in [5, 5.41) is 2.90. The predicted octanol–water partition coefficient (Wildman–Crippen LogP) is 1.29. The summed E-state index contributed by atoms with van der Waals surface area (Å²) in [5.74, 6) is 0.556. The quantitative estimate of drug-likeness (QED) is 0.844. The van der Waals surface area contributed by atoms with E-state index >= 15 is 0 Å². The minimum atomic E-state index is -0.0112. The van der Waals surface area contributed by atoms with Gasteiger partial charge in [0.1, 0.15) is 0 Å². The highest BCUT2D eigenvalue weighted by Crippen LogP contribution is 2.27. The van der Waals surface area contributed by atoms with Crippen molar-refractivity contribution in [3.63, 3.8) is 0 Å². The van der Waals surface area contributed by atoms with Crippen molar-refractivity contribution < 1.29 is 9.59 Å². The Morgan fingerprint density at radius 3 is 2.44 bits per heavy atom. The van der Waals surface area contributed by atoms with Crippen molar-refractivity contribution in [2.75, 3.05) is 38.0 Å². The molecule has 0 aromatic heterocycles. The van der Waals surface area contributed by atoms with Crippen LogP contribution in [0.1, 0.15) is 25.7 Å². The number of hydrogen-bond donors (Lipinski definition) is 2. The third kappa shape index (κ3) is 5.03. The molecule has 0 unspecified atom stereocenters. The summed E-state index contributed by atoms with van der Waals surface area (Å²) in [4.78, 5) is 28.6. The van der Waals surface area contributed by atoms with E-state index in [0.29, 0.717) is 32.0 Å². The largest absolute Gasteiger partial charge is 0.340 e. The van der Waals surface area contributed by atoms with Crippen LogP contribution in [0, 0.1) is 5.92 Å². The van der Waals surface area contributed by atoms with Gasteiger partial charge >= 0.3 is 0 Å². The second kappa shape index (κ2) is 8.45. The Kier molecular flexibility index (Phi) is 6.04. The molecule has 2 fully saturated rings. The third-order valence-corrected chi connectivity index (χ3v) is 5.30. The first-order chi connectivity index (χ1) is 12.1. The molecule has 1 aromatic rings. The Bertz CT molecular complexity index is 584. The van der Waals surface area contributed by atoms with Gasteiger partial charge in [0.25, 0.3) is 0 Å². The summed E-state index contributed by atoms with van der Waals surface area (Å²) in [6.45, 7) is 3.23. The first-order valence-electron chi connectivity index (χ1n) is 9.22. The number of anilines is 1. The lowest BCUT2D eigenvalue weighted by Gasteiger charge is -2.35. The molecule has 0 radical (unpaired) electrons. The summed E-state index contributed by atoms with van der Waals surface area (Å²) >= 11 is 0. The summed E-state index contributed by atoms with van der Waals surface area (Å²) in [6.07, 6.45) is 3.84. The molecule has 1 aromatic carbocycles. The van der Waals surface area contributed by atoms with E-state index in [1.54, 1.807) is 0 Å². The van der Waals surface area contributed by atoms with Gasteiger partial charge < -0.3 is 16.0 Å². The molecule has 1 saturated carbocycles. The average Bonchev–Trinajstić information content (AvgIpc) is 3.01. The minimum Gasteiger partial charge on any atom is -0.340 e. The molecule has 1 saturated heterocycles. The zero-order chi connectivity index (χ0) is 17.6. The lowest BCUT2D eigenvalue weighted by atomic mass is 9.99. The Balaban J connectivity index is 1.39.